The average Bonchev–Trinajstić information content (AvgIpc) is 3.46. The van der Waals surface area contributed by atoms with Gasteiger partial charge in [0, 0.05) is 18.3 Å². The molecule has 1 atom stereocenters. The molecule has 2 aromatic rings. The van der Waals surface area contributed by atoms with Gasteiger partial charge in [0.05, 0.1) is 0 Å². The van der Waals surface area contributed by atoms with Crippen molar-refractivity contribution in [3.8, 4) is 5.75 Å². The molecule has 0 heterocycles. The molecule has 0 saturated heterocycles. The highest BCUT2D eigenvalue weighted by Gasteiger charge is 2.33. The normalized spacial score (nSPS) is 14.8. The Morgan fingerprint density at radius 1 is 1.15 bits per heavy atom. The number of nitrogens with one attached hydrogen (secondary N) is 1. The van der Waals surface area contributed by atoms with Gasteiger partial charge in [-0.3, -0.25) is 0 Å². The molecule has 3 rings (SSSR count). The number of hydrogen-bond donors (Lipinski definition) is 1. The third-order valence-electron chi connectivity index (χ3n) is 4.58. The van der Waals surface area contributed by atoms with Gasteiger partial charge in [-0.2, -0.15) is 8.78 Å². The van der Waals surface area contributed by atoms with Crippen LogP contribution in [0.3, 0.4) is 0 Å². The molecule has 0 aliphatic heterocycles. The van der Waals surface area contributed by atoms with Crippen molar-refractivity contribution in [3.05, 3.63) is 60.2 Å². The van der Waals surface area contributed by atoms with E-state index in [0.717, 1.165) is 12.2 Å². The van der Waals surface area contributed by atoms with E-state index in [9.17, 15) is 8.78 Å². The zero-order valence-corrected chi connectivity index (χ0v) is 15.4. The molecular formula is C20H22F2N2OS. The molecule has 1 N–H and O–H groups in total. The summed E-state index contributed by atoms with van der Waals surface area (Å²) < 4.78 is 28.9. The van der Waals surface area contributed by atoms with Crippen LogP contribution in [0.4, 0.5) is 14.5 Å². The average molecular weight is 376 g/mol. The third-order valence-corrected chi connectivity index (χ3v) is 4.92. The molecule has 0 aromatic heterocycles. The van der Waals surface area contributed by atoms with Crippen LogP contribution < -0.4 is 10.1 Å². The number of benzene rings is 2. The quantitative estimate of drug-likeness (QED) is 0.664. The van der Waals surface area contributed by atoms with Gasteiger partial charge in [0.2, 0.25) is 0 Å². The maximum Gasteiger partial charge on any atom is 0.387 e. The molecule has 138 valence electrons. The lowest BCUT2D eigenvalue weighted by molar-refractivity contribution is -0.0498. The topological polar surface area (TPSA) is 24.5 Å². The second-order valence-corrected chi connectivity index (χ2v) is 6.91. The monoisotopic (exact) mass is 376 g/mol. The largest absolute Gasteiger partial charge is 0.435 e. The molecule has 6 heteroatoms. The van der Waals surface area contributed by atoms with Crippen LogP contribution in [0.15, 0.2) is 54.6 Å². The van der Waals surface area contributed by atoms with Crippen molar-refractivity contribution in [3.63, 3.8) is 0 Å². The minimum absolute atomic E-state index is 0.129. The van der Waals surface area contributed by atoms with E-state index >= 15 is 0 Å². The van der Waals surface area contributed by atoms with E-state index in [1.165, 1.54) is 30.5 Å². The van der Waals surface area contributed by atoms with Crippen LogP contribution in [0.2, 0.25) is 0 Å². The van der Waals surface area contributed by atoms with Crippen molar-refractivity contribution < 1.29 is 13.5 Å². The standard InChI is InChI=1S/C20H22F2N2OS/c1-14(16-7-8-16)24(13-15-5-3-2-4-6-15)20(26)23-17-9-11-18(12-10-17)25-19(21)22/h2-6,9-12,14,16,19H,7-8,13H2,1H3,(H,23,26). The summed E-state index contributed by atoms with van der Waals surface area (Å²) in [6.07, 6.45) is 2.46. The number of anilines is 1. The number of halogens is 2. The summed E-state index contributed by atoms with van der Waals surface area (Å²) in [7, 11) is 0. The second kappa shape index (κ2) is 8.45. The van der Waals surface area contributed by atoms with Crippen molar-refractivity contribution in [1.82, 2.24) is 4.90 Å². The Bertz CT molecular complexity index is 720. The molecule has 2 aromatic carbocycles. The van der Waals surface area contributed by atoms with Crippen LogP contribution in [0.5, 0.6) is 5.75 Å². The first-order chi connectivity index (χ1) is 12.5. The number of alkyl halides is 2. The summed E-state index contributed by atoms with van der Waals surface area (Å²) in [5, 5.41) is 3.86. The molecule has 0 bridgehead atoms. The Kier molecular flexibility index (Phi) is 6.04. The summed E-state index contributed by atoms with van der Waals surface area (Å²) in [6, 6.07) is 16.9. The smallest absolute Gasteiger partial charge is 0.387 e. The summed E-state index contributed by atoms with van der Waals surface area (Å²) >= 11 is 5.65. The fourth-order valence-corrected chi connectivity index (χ4v) is 3.28. The Morgan fingerprint density at radius 2 is 1.81 bits per heavy atom. The van der Waals surface area contributed by atoms with Crippen LogP contribution in [-0.4, -0.2) is 22.7 Å². The van der Waals surface area contributed by atoms with Gasteiger partial charge >= 0.3 is 6.61 Å². The van der Waals surface area contributed by atoms with Crippen molar-refractivity contribution in [2.24, 2.45) is 5.92 Å². The van der Waals surface area contributed by atoms with Gasteiger partial charge in [-0.1, -0.05) is 30.3 Å². The Hall–Kier alpha value is -2.21. The first kappa shape index (κ1) is 18.6. The Balaban J connectivity index is 1.68. The number of rotatable bonds is 7. The number of thiocarbonyl (C=S) groups is 1. The third kappa shape index (κ3) is 5.14. The molecule has 1 unspecified atom stereocenters. The summed E-state index contributed by atoms with van der Waals surface area (Å²) in [4.78, 5) is 2.20. The molecule has 1 aliphatic carbocycles. The van der Waals surface area contributed by atoms with Gasteiger partial charge in [-0.05, 0) is 67.7 Å². The minimum atomic E-state index is -2.82. The highest BCUT2D eigenvalue weighted by Crippen LogP contribution is 2.36. The lowest BCUT2D eigenvalue weighted by Gasteiger charge is -2.32. The van der Waals surface area contributed by atoms with Crippen molar-refractivity contribution in [1.29, 1.82) is 0 Å². The lowest BCUT2D eigenvalue weighted by Crippen LogP contribution is -2.41. The first-order valence-electron chi connectivity index (χ1n) is 8.69. The molecular weight excluding hydrogens is 354 g/mol. The van der Waals surface area contributed by atoms with Crippen LogP contribution in [0.1, 0.15) is 25.3 Å². The first-order valence-corrected chi connectivity index (χ1v) is 9.10. The summed E-state index contributed by atoms with van der Waals surface area (Å²) in [5.41, 5.74) is 1.95. The van der Waals surface area contributed by atoms with Crippen LogP contribution in [0, 0.1) is 5.92 Å². The maximum absolute atomic E-state index is 12.2. The van der Waals surface area contributed by atoms with Gasteiger partial charge in [0.15, 0.2) is 5.11 Å². The van der Waals surface area contributed by atoms with Crippen molar-refractivity contribution >= 4 is 23.0 Å². The molecule has 1 fully saturated rings. The molecule has 0 amide bonds. The van der Waals surface area contributed by atoms with Gasteiger partial charge in [-0.25, -0.2) is 0 Å². The molecule has 1 aliphatic rings. The maximum atomic E-state index is 12.2. The number of ether oxygens (including phenoxy) is 1. The molecule has 0 radical (unpaired) electrons. The zero-order valence-electron chi connectivity index (χ0n) is 14.6. The lowest BCUT2D eigenvalue weighted by atomic mass is 10.1. The predicted molar refractivity (Wildman–Crippen MR) is 103 cm³/mol. The van der Waals surface area contributed by atoms with Gasteiger partial charge in [0.25, 0.3) is 0 Å². The van der Waals surface area contributed by atoms with E-state index in [0.29, 0.717) is 17.1 Å². The van der Waals surface area contributed by atoms with E-state index in [2.05, 4.69) is 34.0 Å². The highest BCUT2D eigenvalue weighted by molar-refractivity contribution is 7.80. The van der Waals surface area contributed by atoms with Gasteiger partial charge < -0.3 is 15.0 Å². The highest BCUT2D eigenvalue weighted by atomic mass is 32.1. The van der Waals surface area contributed by atoms with Gasteiger partial charge in [-0.15, -0.1) is 0 Å². The van der Waals surface area contributed by atoms with E-state index < -0.39 is 6.61 Å². The Morgan fingerprint density at radius 3 is 2.38 bits per heavy atom. The minimum Gasteiger partial charge on any atom is -0.435 e. The van der Waals surface area contributed by atoms with E-state index in [-0.39, 0.29) is 5.75 Å². The van der Waals surface area contributed by atoms with E-state index in [1.807, 2.05) is 18.2 Å². The predicted octanol–water partition coefficient (Wildman–Crippen LogP) is 5.29. The van der Waals surface area contributed by atoms with Crippen LogP contribution >= 0.6 is 12.2 Å². The number of nitrogens with zero attached hydrogens (tertiary/aromatic N) is 1. The fraction of sp³-hybridized carbons (Fsp3) is 0.350. The summed E-state index contributed by atoms with van der Waals surface area (Å²) in [5.74, 6) is 0.796. The fourth-order valence-electron chi connectivity index (χ4n) is 2.93. The van der Waals surface area contributed by atoms with Gasteiger partial charge in [0.1, 0.15) is 5.75 Å². The van der Waals surface area contributed by atoms with Crippen LogP contribution in [-0.2, 0) is 6.54 Å². The van der Waals surface area contributed by atoms with Crippen molar-refractivity contribution in [2.45, 2.75) is 39.0 Å². The second-order valence-electron chi connectivity index (χ2n) is 6.52. The summed E-state index contributed by atoms with van der Waals surface area (Å²) in [6.45, 7) is 0.112. The van der Waals surface area contributed by atoms with Crippen LogP contribution in [0.25, 0.3) is 0 Å². The molecule has 3 nitrogen and oxygen atoms in total. The molecule has 1 saturated carbocycles. The van der Waals surface area contributed by atoms with Crippen molar-refractivity contribution in [2.75, 3.05) is 5.32 Å². The van der Waals surface area contributed by atoms with E-state index in [4.69, 9.17) is 12.2 Å². The number of hydrogen-bond acceptors (Lipinski definition) is 2. The SMILES string of the molecule is CC(C1CC1)N(Cc1ccccc1)C(=S)Nc1ccc(OC(F)F)cc1. The Labute approximate surface area is 158 Å². The molecule has 0 spiro atoms. The van der Waals surface area contributed by atoms with E-state index in [1.54, 1.807) is 12.1 Å². The zero-order chi connectivity index (χ0) is 18.5. The molecule has 26 heavy (non-hydrogen) atoms.